The summed E-state index contributed by atoms with van der Waals surface area (Å²) in [5, 5.41) is 45.7. The zero-order valence-electron chi connectivity index (χ0n) is 14.6. The molecule has 4 rings (SSSR count). The number of hydrogen-bond acceptors (Lipinski definition) is 8. The Kier molecular flexibility index (Phi) is 4.53. The lowest BCUT2D eigenvalue weighted by Crippen LogP contribution is -2.65. The monoisotopic (exact) mass is 375 g/mol. The molecule has 144 valence electrons. The smallest absolute Gasteiger partial charge is 0.271 e. The standard InChI is InChI=1S/C19H21NO7/c1-25-13-5-4-10-6-12(3-2-11(10)7-13)14-8-19(27-20-14)18(24)17(23)16(22)15(9-21)26-19/h2-7,15-18,21-24H,8-9H2,1H3/t15-,16-,17+,18-,19-/m1/s1. The fourth-order valence-corrected chi connectivity index (χ4v) is 3.54. The average molecular weight is 375 g/mol. The molecular weight excluding hydrogens is 354 g/mol. The SMILES string of the molecule is COc1ccc2cc(C3=NO[C@@]4(C3)O[C@H](CO)[C@@H](O)[C@H](O)[C@H]4O)ccc2c1. The van der Waals surface area contributed by atoms with Gasteiger partial charge in [0, 0.05) is 5.56 Å². The van der Waals surface area contributed by atoms with E-state index in [0.717, 1.165) is 22.1 Å². The van der Waals surface area contributed by atoms with Crippen molar-refractivity contribution in [2.24, 2.45) is 5.16 Å². The van der Waals surface area contributed by atoms with Gasteiger partial charge in [-0.15, -0.1) is 0 Å². The number of methoxy groups -OCH3 is 1. The molecule has 0 saturated carbocycles. The Bertz CT molecular complexity index is 883. The van der Waals surface area contributed by atoms with E-state index in [0.29, 0.717) is 5.71 Å². The third-order valence-electron chi connectivity index (χ3n) is 5.14. The van der Waals surface area contributed by atoms with E-state index < -0.39 is 36.8 Å². The van der Waals surface area contributed by atoms with Crippen LogP contribution in [0.5, 0.6) is 5.75 Å². The number of rotatable bonds is 3. The van der Waals surface area contributed by atoms with Crippen molar-refractivity contribution in [3.05, 3.63) is 42.0 Å². The van der Waals surface area contributed by atoms with Gasteiger partial charge in [0.25, 0.3) is 5.79 Å². The van der Waals surface area contributed by atoms with Crippen molar-refractivity contribution in [2.45, 2.75) is 36.6 Å². The Morgan fingerprint density at radius 2 is 1.85 bits per heavy atom. The molecule has 27 heavy (non-hydrogen) atoms. The van der Waals surface area contributed by atoms with Crippen LogP contribution in [0.3, 0.4) is 0 Å². The van der Waals surface area contributed by atoms with E-state index >= 15 is 0 Å². The number of benzene rings is 2. The molecule has 0 aromatic heterocycles. The molecule has 0 bridgehead atoms. The molecular formula is C19H21NO7. The maximum absolute atomic E-state index is 10.4. The highest BCUT2D eigenvalue weighted by Gasteiger charge is 2.58. The third kappa shape index (κ3) is 2.95. The van der Waals surface area contributed by atoms with Crippen molar-refractivity contribution >= 4 is 16.5 Å². The third-order valence-corrected chi connectivity index (χ3v) is 5.14. The predicted octanol–water partition coefficient (Wildman–Crippen LogP) is 0.143. The van der Waals surface area contributed by atoms with Crippen LogP contribution in [-0.4, -0.2) is 70.1 Å². The molecule has 0 aliphatic carbocycles. The van der Waals surface area contributed by atoms with Crippen LogP contribution in [0.25, 0.3) is 10.8 Å². The summed E-state index contributed by atoms with van der Waals surface area (Å²) < 4.78 is 10.8. The van der Waals surface area contributed by atoms with Crippen molar-refractivity contribution in [1.82, 2.24) is 0 Å². The van der Waals surface area contributed by atoms with Crippen LogP contribution in [0.1, 0.15) is 12.0 Å². The zero-order chi connectivity index (χ0) is 19.2. The molecule has 0 unspecified atom stereocenters. The molecule has 2 aromatic carbocycles. The van der Waals surface area contributed by atoms with Gasteiger partial charge in [-0.05, 0) is 29.0 Å². The van der Waals surface area contributed by atoms with Crippen molar-refractivity contribution in [1.29, 1.82) is 0 Å². The Labute approximate surface area is 155 Å². The summed E-state index contributed by atoms with van der Waals surface area (Å²) in [6, 6.07) is 11.4. The highest BCUT2D eigenvalue weighted by molar-refractivity contribution is 6.04. The average Bonchev–Trinajstić information content (AvgIpc) is 3.13. The second-order valence-corrected chi connectivity index (χ2v) is 6.81. The van der Waals surface area contributed by atoms with Crippen molar-refractivity contribution in [3.63, 3.8) is 0 Å². The molecule has 2 aromatic rings. The van der Waals surface area contributed by atoms with Gasteiger partial charge in [-0.2, -0.15) is 0 Å². The number of oxime groups is 1. The van der Waals surface area contributed by atoms with Crippen LogP contribution in [0.15, 0.2) is 41.6 Å². The van der Waals surface area contributed by atoms with E-state index in [-0.39, 0.29) is 6.42 Å². The summed E-state index contributed by atoms with van der Waals surface area (Å²) in [4.78, 5) is 5.37. The Balaban J connectivity index is 1.61. The van der Waals surface area contributed by atoms with Gasteiger partial charge in [0.1, 0.15) is 24.1 Å². The Morgan fingerprint density at radius 3 is 2.59 bits per heavy atom. The summed E-state index contributed by atoms with van der Waals surface area (Å²) in [6.07, 6.45) is -5.47. The van der Waals surface area contributed by atoms with E-state index in [1.165, 1.54) is 0 Å². The zero-order valence-corrected chi connectivity index (χ0v) is 14.6. The second-order valence-electron chi connectivity index (χ2n) is 6.81. The predicted molar refractivity (Wildman–Crippen MR) is 95.4 cm³/mol. The molecule has 4 N–H and O–H groups in total. The first kappa shape index (κ1) is 18.1. The topological polar surface area (TPSA) is 121 Å². The van der Waals surface area contributed by atoms with Gasteiger partial charge in [-0.3, -0.25) is 0 Å². The fourth-order valence-electron chi connectivity index (χ4n) is 3.54. The number of aliphatic hydroxyl groups is 4. The quantitative estimate of drug-likeness (QED) is 0.602. The molecule has 1 spiro atoms. The van der Waals surface area contributed by atoms with Crippen LogP contribution in [0.2, 0.25) is 0 Å². The highest BCUT2D eigenvalue weighted by Crippen LogP contribution is 2.39. The first-order valence-corrected chi connectivity index (χ1v) is 8.63. The van der Waals surface area contributed by atoms with E-state index in [4.69, 9.17) is 14.3 Å². The van der Waals surface area contributed by atoms with Gasteiger partial charge >= 0.3 is 0 Å². The molecule has 5 atom stereocenters. The van der Waals surface area contributed by atoms with Crippen molar-refractivity contribution < 1.29 is 34.7 Å². The lowest BCUT2D eigenvalue weighted by atomic mass is 9.88. The Morgan fingerprint density at radius 1 is 1.11 bits per heavy atom. The summed E-state index contributed by atoms with van der Waals surface area (Å²) in [5.74, 6) is -0.881. The minimum atomic E-state index is -1.64. The first-order chi connectivity index (χ1) is 13.0. The Hall–Kier alpha value is -2.23. The van der Waals surface area contributed by atoms with Crippen LogP contribution >= 0.6 is 0 Å². The number of ether oxygens (including phenoxy) is 2. The van der Waals surface area contributed by atoms with Gasteiger partial charge in [-0.25, -0.2) is 0 Å². The lowest BCUT2D eigenvalue weighted by Gasteiger charge is -2.44. The molecule has 8 nitrogen and oxygen atoms in total. The lowest BCUT2D eigenvalue weighted by molar-refractivity contribution is -0.355. The van der Waals surface area contributed by atoms with Gasteiger partial charge in [0.15, 0.2) is 6.10 Å². The summed E-state index contributed by atoms with van der Waals surface area (Å²) in [5.41, 5.74) is 1.31. The summed E-state index contributed by atoms with van der Waals surface area (Å²) in [6.45, 7) is -0.525. The second kappa shape index (κ2) is 6.74. The largest absolute Gasteiger partial charge is 0.497 e. The minimum Gasteiger partial charge on any atom is -0.497 e. The van der Waals surface area contributed by atoms with Gasteiger partial charge < -0.3 is 34.7 Å². The maximum Gasteiger partial charge on any atom is 0.271 e. The maximum atomic E-state index is 10.4. The van der Waals surface area contributed by atoms with Gasteiger partial charge in [0.2, 0.25) is 0 Å². The number of nitrogens with zero attached hydrogens (tertiary/aromatic N) is 1. The molecule has 2 aliphatic heterocycles. The van der Waals surface area contributed by atoms with E-state index in [2.05, 4.69) is 5.16 Å². The molecule has 8 heteroatoms. The van der Waals surface area contributed by atoms with Crippen LogP contribution in [0.4, 0.5) is 0 Å². The minimum absolute atomic E-state index is 0.0656. The van der Waals surface area contributed by atoms with Gasteiger partial charge in [-0.1, -0.05) is 23.4 Å². The number of aliphatic hydroxyl groups excluding tert-OH is 4. The number of fused-ring (bicyclic) bond motifs is 1. The first-order valence-electron chi connectivity index (χ1n) is 8.63. The van der Waals surface area contributed by atoms with E-state index in [1.807, 2.05) is 36.4 Å². The van der Waals surface area contributed by atoms with E-state index in [1.54, 1.807) is 7.11 Å². The molecule has 2 aliphatic rings. The van der Waals surface area contributed by atoms with Crippen molar-refractivity contribution in [3.8, 4) is 5.75 Å². The summed E-state index contributed by atoms with van der Waals surface area (Å²) >= 11 is 0. The molecule has 0 radical (unpaired) electrons. The number of hydrogen-bond donors (Lipinski definition) is 4. The fraction of sp³-hybridized carbons (Fsp3) is 0.421. The molecule has 1 saturated heterocycles. The van der Waals surface area contributed by atoms with Crippen molar-refractivity contribution in [2.75, 3.05) is 13.7 Å². The normalized spacial score (nSPS) is 33.1. The molecule has 1 fully saturated rings. The van der Waals surface area contributed by atoms with Crippen LogP contribution < -0.4 is 4.74 Å². The van der Waals surface area contributed by atoms with Gasteiger partial charge in [0.05, 0.1) is 25.8 Å². The summed E-state index contributed by atoms with van der Waals surface area (Å²) in [7, 11) is 1.61. The molecule has 0 amide bonds. The molecule has 2 heterocycles. The van der Waals surface area contributed by atoms with E-state index in [9.17, 15) is 20.4 Å². The highest BCUT2D eigenvalue weighted by atomic mass is 16.8. The van der Waals surface area contributed by atoms with Crippen LogP contribution in [-0.2, 0) is 9.57 Å². The van der Waals surface area contributed by atoms with Crippen LogP contribution in [0, 0.1) is 0 Å².